The van der Waals surface area contributed by atoms with Gasteiger partial charge in [0.2, 0.25) is 5.56 Å². The second-order valence-corrected chi connectivity index (χ2v) is 5.63. The van der Waals surface area contributed by atoms with E-state index in [-0.39, 0.29) is 17.0 Å². The van der Waals surface area contributed by atoms with E-state index in [1.54, 1.807) is 19.1 Å². The summed E-state index contributed by atoms with van der Waals surface area (Å²) >= 11 is 0. The first-order valence-corrected chi connectivity index (χ1v) is 7.11. The first kappa shape index (κ1) is 13.3. The number of aromatic amines is 1. The lowest BCUT2D eigenvalue weighted by atomic mass is 10.4. The summed E-state index contributed by atoms with van der Waals surface area (Å²) in [6.07, 6.45) is 4.25. The predicted octanol–water partition coefficient (Wildman–Crippen LogP) is 0.985. The molecule has 0 aliphatic rings. The van der Waals surface area contributed by atoms with Crippen molar-refractivity contribution in [3.05, 3.63) is 53.2 Å². The summed E-state index contributed by atoms with van der Waals surface area (Å²) in [4.78, 5) is 17.3. The van der Waals surface area contributed by atoms with Gasteiger partial charge < -0.3 is 4.98 Å². The Balaban J connectivity index is 2.48. The summed E-state index contributed by atoms with van der Waals surface area (Å²) in [5, 5.41) is 0. The average molecular weight is 279 g/mol. The summed E-state index contributed by atoms with van der Waals surface area (Å²) < 4.78 is 26.2. The van der Waals surface area contributed by atoms with Crippen molar-refractivity contribution in [3.8, 4) is 0 Å². The molecule has 0 saturated carbocycles. The van der Waals surface area contributed by atoms with Crippen LogP contribution in [0.25, 0.3) is 0 Å². The van der Waals surface area contributed by atoms with E-state index < -0.39 is 10.0 Å². The zero-order valence-corrected chi connectivity index (χ0v) is 11.1. The van der Waals surface area contributed by atoms with E-state index in [0.29, 0.717) is 5.69 Å². The molecule has 0 spiro atoms. The van der Waals surface area contributed by atoms with Gasteiger partial charge >= 0.3 is 0 Å². The highest BCUT2D eigenvalue weighted by Crippen LogP contribution is 2.21. The molecule has 0 radical (unpaired) electrons. The second kappa shape index (κ2) is 5.23. The smallest absolute Gasteiger partial charge is 0.265 e. The van der Waals surface area contributed by atoms with Crippen molar-refractivity contribution in [2.75, 3.05) is 10.8 Å². The van der Waals surface area contributed by atoms with Crippen LogP contribution in [-0.2, 0) is 10.0 Å². The number of anilines is 1. The Morgan fingerprint density at radius 1 is 1.21 bits per heavy atom. The van der Waals surface area contributed by atoms with Crippen LogP contribution in [0.5, 0.6) is 0 Å². The molecular weight excluding hydrogens is 266 g/mol. The van der Waals surface area contributed by atoms with E-state index in [1.807, 2.05) is 0 Å². The van der Waals surface area contributed by atoms with Gasteiger partial charge in [-0.2, -0.15) is 0 Å². The van der Waals surface area contributed by atoms with Gasteiger partial charge in [-0.05, 0) is 25.1 Å². The lowest BCUT2D eigenvalue weighted by Crippen LogP contribution is -2.31. The number of nitrogens with zero attached hydrogens (tertiary/aromatic N) is 2. The molecular formula is C12H13N3O3S. The first-order valence-electron chi connectivity index (χ1n) is 5.67. The number of nitrogens with one attached hydrogen (secondary N) is 1. The van der Waals surface area contributed by atoms with Gasteiger partial charge in [-0.15, -0.1) is 0 Å². The van der Waals surface area contributed by atoms with Crippen LogP contribution in [-0.4, -0.2) is 24.9 Å². The molecule has 0 fully saturated rings. The fraction of sp³-hybridized carbons (Fsp3) is 0.167. The van der Waals surface area contributed by atoms with Crippen LogP contribution >= 0.6 is 0 Å². The molecule has 100 valence electrons. The topological polar surface area (TPSA) is 83.1 Å². The SMILES string of the molecule is CCN(c1ccncc1)S(=O)(=O)c1ccc(=O)[nH]c1. The molecule has 2 aromatic heterocycles. The first-order chi connectivity index (χ1) is 9.05. The summed E-state index contributed by atoms with van der Waals surface area (Å²) in [5.74, 6) is 0. The van der Waals surface area contributed by atoms with E-state index in [0.717, 1.165) is 0 Å². The molecule has 7 heteroatoms. The van der Waals surface area contributed by atoms with E-state index in [4.69, 9.17) is 0 Å². The number of hydrogen-bond donors (Lipinski definition) is 1. The van der Waals surface area contributed by atoms with Crippen LogP contribution in [0.2, 0.25) is 0 Å². The van der Waals surface area contributed by atoms with Crippen molar-refractivity contribution in [3.63, 3.8) is 0 Å². The van der Waals surface area contributed by atoms with Crippen LogP contribution in [0.3, 0.4) is 0 Å². The van der Waals surface area contributed by atoms with Crippen LogP contribution < -0.4 is 9.86 Å². The molecule has 0 atom stereocenters. The molecule has 2 heterocycles. The number of sulfonamides is 1. The Morgan fingerprint density at radius 3 is 2.42 bits per heavy atom. The zero-order chi connectivity index (χ0) is 13.9. The fourth-order valence-corrected chi connectivity index (χ4v) is 3.13. The number of hydrogen-bond acceptors (Lipinski definition) is 4. The molecule has 1 N–H and O–H groups in total. The van der Waals surface area contributed by atoms with E-state index in [2.05, 4.69) is 9.97 Å². The average Bonchev–Trinajstić information content (AvgIpc) is 2.41. The Morgan fingerprint density at radius 2 is 1.89 bits per heavy atom. The van der Waals surface area contributed by atoms with Crippen molar-refractivity contribution < 1.29 is 8.42 Å². The monoisotopic (exact) mass is 279 g/mol. The van der Waals surface area contributed by atoms with Gasteiger partial charge in [0.05, 0.1) is 5.69 Å². The van der Waals surface area contributed by atoms with E-state index in [9.17, 15) is 13.2 Å². The van der Waals surface area contributed by atoms with Crippen LogP contribution in [0, 0.1) is 0 Å². The Bertz CT molecular complexity index is 690. The van der Waals surface area contributed by atoms with Crippen molar-refractivity contribution in [2.24, 2.45) is 0 Å². The van der Waals surface area contributed by atoms with Crippen molar-refractivity contribution >= 4 is 15.7 Å². The third-order valence-electron chi connectivity index (χ3n) is 2.58. The Kier molecular flexibility index (Phi) is 3.66. The Labute approximate surface area is 110 Å². The molecule has 0 amide bonds. The molecule has 0 aromatic carbocycles. The molecule has 0 aliphatic carbocycles. The van der Waals surface area contributed by atoms with Crippen LogP contribution in [0.1, 0.15) is 6.92 Å². The quantitative estimate of drug-likeness (QED) is 0.904. The fourth-order valence-electron chi connectivity index (χ4n) is 1.69. The largest absolute Gasteiger partial charge is 0.328 e. The van der Waals surface area contributed by atoms with Crippen molar-refractivity contribution in [2.45, 2.75) is 11.8 Å². The second-order valence-electron chi connectivity index (χ2n) is 3.76. The maximum absolute atomic E-state index is 12.5. The summed E-state index contributed by atoms with van der Waals surface area (Å²) in [6, 6.07) is 5.71. The molecule has 6 nitrogen and oxygen atoms in total. The molecule has 2 aromatic rings. The maximum atomic E-state index is 12.5. The van der Waals surface area contributed by atoms with Crippen LogP contribution in [0.4, 0.5) is 5.69 Å². The van der Waals surface area contributed by atoms with Gasteiger partial charge in [0, 0.05) is 31.2 Å². The molecule has 2 rings (SSSR count). The number of pyridine rings is 2. The van der Waals surface area contributed by atoms with Gasteiger partial charge in [0.15, 0.2) is 0 Å². The minimum Gasteiger partial charge on any atom is -0.328 e. The van der Waals surface area contributed by atoms with Gasteiger partial charge in [0.1, 0.15) is 4.90 Å². The molecule has 0 saturated heterocycles. The standard InChI is InChI=1S/C12H13N3O3S/c1-2-15(10-5-7-13-8-6-10)19(17,18)11-3-4-12(16)14-9-11/h3-9H,2H2,1H3,(H,14,16). The summed E-state index contributed by atoms with van der Waals surface area (Å²) in [5.41, 5.74) is 0.189. The van der Waals surface area contributed by atoms with Crippen molar-refractivity contribution in [1.29, 1.82) is 0 Å². The number of rotatable bonds is 4. The molecule has 19 heavy (non-hydrogen) atoms. The minimum absolute atomic E-state index is 0.0470. The normalized spacial score (nSPS) is 11.2. The summed E-state index contributed by atoms with van der Waals surface area (Å²) in [6.45, 7) is 2.02. The van der Waals surface area contributed by atoms with E-state index >= 15 is 0 Å². The van der Waals surface area contributed by atoms with E-state index in [1.165, 1.54) is 35.0 Å². The highest BCUT2D eigenvalue weighted by Gasteiger charge is 2.23. The molecule has 0 unspecified atom stereocenters. The zero-order valence-electron chi connectivity index (χ0n) is 10.3. The lowest BCUT2D eigenvalue weighted by molar-refractivity contribution is 0.591. The minimum atomic E-state index is -3.69. The van der Waals surface area contributed by atoms with Gasteiger partial charge in [-0.1, -0.05) is 0 Å². The number of H-pyrrole nitrogens is 1. The highest BCUT2D eigenvalue weighted by molar-refractivity contribution is 7.92. The maximum Gasteiger partial charge on any atom is 0.265 e. The van der Waals surface area contributed by atoms with Crippen molar-refractivity contribution in [1.82, 2.24) is 9.97 Å². The lowest BCUT2D eigenvalue weighted by Gasteiger charge is -2.22. The number of aromatic nitrogens is 2. The molecule has 0 bridgehead atoms. The third-order valence-corrected chi connectivity index (χ3v) is 4.48. The summed E-state index contributed by atoms with van der Waals surface area (Å²) in [7, 11) is -3.69. The third kappa shape index (κ3) is 2.65. The Hall–Kier alpha value is -2.15. The van der Waals surface area contributed by atoms with Gasteiger partial charge in [-0.3, -0.25) is 14.1 Å². The van der Waals surface area contributed by atoms with Crippen LogP contribution in [0.15, 0.2) is 52.5 Å². The van der Waals surface area contributed by atoms with Gasteiger partial charge in [-0.25, -0.2) is 8.42 Å². The van der Waals surface area contributed by atoms with Gasteiger partial charge in [0.25, 0.3) is 10.0 Å². The highest BCUT2D eigenvalue weighted by atomic mass is 32.2. The predicted molar refractivity (Wildman–Crippen MR) is 71.5 cm³/mol. The molecule has 0 aliphatic heterocycles.